The van der Waals surface area contributed by atoms with E-state index in [-0.39, 0.29) is 11.9 Å². The number of hydrogen-bond acceptors (Lipinski definition) is 4. The van der Waals surface area contributed by atoms with Gasteiger partial charge in [-0.15, -0.1) is 0 Å². The molecular formula is C13H17ClN2O3. The highest BCUT2D eigenvalue weighted by atomic mass is 35.5. The van der Waals surface area contributed by atoms with Gasteiger partial charge in [-0.1, -0.05) is 11.6 Å². The van der Waals surface area contributed by atoms with Crippen LogP contribution in [0.2, 0.25) is 5.02 Å². The fourth-order valence-corrected chi connectivity index (χ4v) is 2.47. The molecule has 5 nitrogen and oxygen atoms in total. The number of nitrogens with zero attached hydrogens (tertiary/aromatic N) is 1. The molecule has 1 saturated heterocycles. The Hall–Kier alpha value is -1.46. The van der Waals surface area contributed by atoms with Crippen LogP contribution < -0.4 is 19.7 Å². The summed E-state index contributed by atoms with van der Waals surface area (Å²) in [4.78, 5) is 13.9. The maximum absolute atomic E-state index is 12.2. The van der Waals surface area contributed by atoms with Crippen molar-refractivity contribution in [1.29, 1.82) is 0 Å². The quantitative estimate of drug-likeness (QED) is 0.914. The van der Waals surface area contributed by atoms with Crippen molar-refractivity contribution in [2.24, 2.45) is 0 Å². The van der Waals surface area contributed by atoms with Crippen LogP contribution in [-0.4, -0.2) is 39.8 Å². The van der Waals surface area contributed by atoms with Gasteiger partial charge in [-0.05, 0) is 13.5 Å². The number of nitrogens with one attached hydrogen (secondary N) is 1. The fraction of sp³-hybridized carbons (Fsp3) is 0.462. The number of amides is 1. The van der Waals surface area contributed by atoms with E-state index in [9.17, 15) is 4.79 Å². The van der Waals surface area contributed by atoms with Crippen LogP contribution in [0.1, 0.15) is 6.42 Å². The molecule has 2 rings (SSSR count). The molecule has 0 aromatic heterocycles. The van der Waals surface area contributed by atoms with E-state index in [4.69, 9.17) is 21.1 Å². The minimum atomic E-state index is -0.147. The lowest BCUT2D eigenvalue weighted by molar-refractivity contribution is -0.118. The number of benzene rings is 1. The van der Waals surface area contributed by atoms with Gasteiger partial charge in [0.05, 0.1) is 31.0 Å². The highest BCUT2D eigenvalue weighted by molar-refractivity contribution is 6.32. The number of rotatable bonds is 4. The number of likely N-dealkylation sites (N-methyl/N-ethyl adjacent to an activating group) is 1. The Labute approximate surface area is 117 Å². The summed E-state index contributed by atoms with van der Waals surface area (Å²) in [6.45, 7) is 0.644. The van der Waals surface area contributed by atoms with Crippen molar-refractivity contribution in [1.82, 2.24) is 5.32 Å². The van der Waals surface area contributed by atoms with Crippen LogP contribution in [-0.2, 0) is 4.79 Å². The lowest BCUT2D eigenvalue weighted by atomic mass is 10.2. The zero-order valence-corrected chi connectivity index (χ0v) is 12.0. The molecule has 0 bridgehead atoms. The lowest BCUT2D eigenvalue weighted by Gasteiger charge is -2.21. The molecule has 1 aromatic carbocycles. The van der Waals surface area contributed by atoms with E-state index in [1.165, 1.54) is 0 Å². The number of ether oxygens (including phenoxy) is 2. The van der Waals surface area contributed by atoms with Crippen LogP contribution >= 0.6 is 11.6 Å². The number of carbonyl (C=O) groups is 1. The molecule has 1 amide bonds. The monoisotopic (exact) mass is 284 g/mol. The van der Waals surface area contributed by atoms with Crippen LogP contribution in [0.3, 0.4) is 0 Å². The summed E-state index contributed by atoms with van der Waals surface area (Å²) < 4.78 is 10.5. The number of hydrogen-bond donors (Lipinski definition) is 1. The SMILES string of the molecule is CNC1CCN(c2cc(OC)c(Cl)cc2OC)C1=O. The maximum Gasteiger partial charge on any atom is 0.244 e. The second kappa shape index (κ2) is 5.67. The number of methoxy groups -OCH3 is 2. The van der Waals surface area contributed by atoms with Crippen molar-refractivity contribution >= 4 is 23.2 Å². The van der Waals surface area contributed by atoms with Crippen molar-refractivity contribution in [2.45, 2.75) is 12.5 Å². The average Bonchev–Trinajstić information content (AvgIpc) is 2.79. The molecule has 1 heterocycles. The summed E-state index contributed by atoms with van der Waals surface area (Å²) in [7, 11) is 4.88. The highest BCUT2D eigenvalue weighted by Gasteiger charge is 2.33. The second-order valence-electron chi connectivity index (χ2n) is 4.28. The van der Waals surface area contributed by atoms with E-state index in [0.717, 1.165) is 6.42 Å². The summed E-state index contributed by atoms with van der Waals surface area (Å²) in [5.74, 6) is 1.12. The lowest BCUT2D eigenvalue weighted by Crippen LogP contribution is -2.36. The zero-order chi connectivity index (χ0) is 14.0. The first kappa shape index (κ1) is 14.0. The van der Waals surface area contributed by atoms with Gasteiger partial charge in [0.1, 0.15) is 11.5 Å². The van der Waals surface area contributed by atoms with Crippen molar-refractivity contribution in [3.63, 3.8) is 0 Å². The largest absolute Gasteiger partial charge is 0.495 e. The number of carbonyl (C=O) groups excluding carboxylic acids is 1. The van der Waals surface area contributed by atoms with E-state index in [1.807, 2.05) is 0 Å². The normalized spacial score (nSPS) is 18.8. The molecule has 0 radical (unpaired) electrons. The summed E-state index contributed by atoms with van der Waals surface area (Å²) >= 11 is 6.06. The fourth-order valence-electron chi connectivity index (χ4n) is 2.24. The van der Waals surface area contributed by atoms with Crippen LogP contribution in [0.4, 0.5) is 5.69 Å². The molecule has 1 atom stereocenters. The van der Waals surface area contributed by atoms with Gasteiger partial charge in [-0.2, -0.15) is 0 Å². The topological polar surface area (TPSA) is 50.8 Å². The molecule has 104 valence electrons. The molecule has 1 N–H and O–H groups in total. The Kier molecular flexibility index (Phi) is 4.17. The predicted octanol–water partition coefficient (Wildman–Crippen LogP) is 1.68. The van der Waals surface area contributed by atoms with E-state index in [2.05, 4.69) is 5.32 Å². The first-order chi connectivity index (χ1) is 9.12. The Morgan fingerprint density at radius 2 is 2.00 bits per heavy atom. The van der Waals surface area contributed by atoms with Crippen molar-refractivity contribution < 1.29 is 14.3 Å². The Morgan fingerprint density at radius 3 is 2.53 bits per heavy atom. The molecule has 19 heavy (non-hydrogen) atoms. The van der Waals surface area contributed by atoms with Crippen LogP contribution in [0, 0.1) is 0 Å². The summed E-state index contributed by atoms with van der Waals surface area (Å²) in [6.07, 6.45) is 0.767. The molecule has 1 aliphatic rings. The predicted molar refractivity (Wildman–Crippen MR) is 74.4 cm³/mol. The Balaban J connectivity index is 2.41. The van der Waals surface area contributed by atoms with Crippen LogP contribution in [0.15, 0.2) is 12.1 Å². The van der Waals surface area contributed by atoms with E-state index in [0.29, 0.717) is 28.8 Å². The van der Waals surface area contributed by atoms with Gasteiger partial charge in [0.2, 0.25) is 5.91 Å². The second-order valence-corrected chi connectivity index (χ2v) is 4.69. The van der Waals surface area contributed by atoms with Crippen molar-refractivity contribution in [3.05, 3.63) is 17.2 Å². The zero-order valence-electron chi connectivity index (χ0n) is 11.2. The average molecular weight is 285 g/mol. The maximum atomic E-state index is 12.2. The van der Waals surface area contributed by atoms with E-state index < -0.39 is 0 Å². The minimum absolute atomic E-state index is 0.0326. The van der Waals surface area contributed by atoms with E-state index >= 15 is 0 Å². The molecule has 1 aromatic rings. The number of anilines is 1. The van der Waals surface area contributed by atoms with Gasteiger partial charge in [-0.25, -0.2) is 0 Å². The van der Waals surface area contributed by atoms with Gasteiger partial charge in [-0.3, -0.25) is 4.79 Å². The molecule has 1 fully saturated rings. The third-order valence-corrected chi connectivity index (χ3v) is 3.59. The molecule has 6 heteroatoms. The smallest absolute Gasteiger partial charge is 0.244 e. The Morgan fingerprint density at radius 1 is 1.32 bits per heavy atom. The summed E-state index contributed by atoms with van der Waals surface area (Å²) in [5, 5.41) is 3.46. The molecule has 0 spiro atoms. The number of halogens is 1. The molecule has 1 unspecified atom stereocenters. The first-order valence-electron chi connectivity index (χ1n) is 6.02. The minimum Gasteiger partial charge on any atom is -0.495 e. The van der Waals surface area contributed by atoms with Gasteiger partial charge >= 0.3 is 0 Å². The third-order valence-electron chi connectivity index (χ3n) is 3.30. The molecule has 0 aliphatic carbocycles. The van der Waals surface area contributed by atoms with Gasteiger partial charge < -0.3 is 19.7 Å². The standard InChI is InChI=1S/C13H17ClN2O3/c1-15-9-4-5-16(13(9)17)10-7-11(18-2)8(14)6-12(10)19-3/h6-7,9,15H,4-5H2,1-3H3. The molecule has 0 saturated carbocycles. The summed E-state index contributed by atoms with van der Waals surface area (Å²) in [5.41, 5.74) is 0.687. The van der Waals surface area contributed by atoms with Crippen molar-refractivity contribution in [3.8, 4) is 11.5 Å². The van der Waals surface area contributed by atoms with Gasteiger partial charge in [0.25, 0.3) is 0 Å². The Bertz CT molecular complexity index is 493. The molecule has 1 aliphatic heterocycles. The van der Waals surface area contributed by atoms with Crippen LogP contribution in [0.5, 0.6) is 11.5 Å². The summed E-state index contributed by atoms with van der Waals surface area (Å²) in [6, 6.07) is 3.25. The van der Waals surface area contributed by atoms with Crippen LogP contribution in [0.25, 0.3) is 0 Å². The van der Waals surface area contributed by atoms with Crippen molar-refractivity contribution in [2.75, 3.05) is 32.7 Å². The third kappa shape index (κ3) is 2.48. The van der Waals surface area contributed by atoms with Gasteiger partial charge in [0.15, 0.2) is 0 Å². The van der Waals surface area contributed by atoms with E-state index in [1.54, 1.807) is 38.3 Å². The highest BCUT2D eigenvalue weighted by Crippen LogP contribution is 2.39. The molecular weight excluding hydrogens is 268 g/mol. The first-order valence-corrected chi connectivity index (χ1v) is 6.40. The van der Waals surface area contributed by atoms with Gasteiger partial charge in [0, 0.05) is 18.7 Å².